The second-order valence-corrected chi connectivity index (χ2v) is 9.68. The highest BCUT2D eigenvalue weighted by molar-refractivity contribution is 7.89. The molecule has 13 heteroatoms. The minimum absolute atomic E-state index is 0.0336. The molecule has 178 valence electrons. The third-order valence-corrected chi connectivity index (χ3v) is 7.14. The monoisotopic (exact) mass is 492 g/mol. The molecular formula is C22H20N8O4S. The number of H-pyrrole nitrogens is 1. The van der Waals surface area contributed by atoms with Crippen molar-refractivity contribution in [2.75, 3.05) is 12.4 Å². The number of nitrogens with zero attached hydrogens (tertiary/aromatic N) is 4. The van der Waals surface area contributed by atoms with Crippen LogP contribution in [0, 0.1) is 11.3 Å². The molecule has 1 aliphatic carbocycles. The van der Waals surface area contributed by atoms with E-state index >= 15 is 0 Å². The van der Waals surface area contributed by atoms with E-state index in [9.17, 15) is 13.2 Å². The Kier molecular flexibility index (Phi) is 5.67. The number of pyridine rings is 2. The Bertz CT molecular complexity index is 1560. The number of amides is 1. The summed E-state index contributed by atoms with van der Waals surface area (Å²) in [6.07, 6.45) is 7.07. The first-order chi connectivity index (χ1) is 16.9. The molecule has 0 spiro atoms. The number of anilines is 1. The van der Waals surface area contributed by atoms with E-state index in [2.05, 4.69) is 35.3 Å². The second kappa shape index (κ2) is 8.82. The van der Waals surface area contributed by atoms with Gasteiger partial charge in [-0.15, -0.1) is 0 Å². The number of hydrogen-bond acceptors (Lipinski definition) is 9. The lowest BCUT2D eigenvalue weighted by Crippen LogP contribution is -2.49. The molecule has 0 aliphatic heterocycles. The van der Waals surface area contributed by atoms with Crippen LogP contribution in [0.5, 0.6) is 0 Å². The number of sulfonamides is 1. The van der Waals surface area contributed by atoms with E-state index in [1.807, 2.05) is 12.1 Å². The summed E-state index contributed by atoms with van der Waals surface area (Å²) >= 11 is 0. The molecule has 1 amide bonds. The minimum Gasteiger partial charge on any atom is -0.431 e. The van der Waals surface area contributed by atoms with Gasteiger partial charge in [-0.3, -0.25) is 4.79 Å². The number of nitriles is 1. The van der Waals surface area contributed by atoms with Crippen LogP contribution in [0.3, 0.4) is 0 Å². The van der Waals surface area contributed by atoms with Gasteiger partial charge in [-0.2, -0.15) is 5.26 Å². The summed E-state index contributed by atoms with van der Waals surface area (Å²) in [5.41, 5.74) is 2.18. The quantitative estimate of drug-likeness (QED) is 0.299. The molecule has 4 N–H and O–H groups in total. The number of rotatable bonds is 7. The van der Waals surface area contributed by atoms with Gasteiger partial charge in [0.2, 0.25) is 11.7 Å². The van der Waals surface area contributed by atoms with Crippen LogP contribution in [0.2, 0.25) is 0 Å². The molecule has 0 atom stereocenters. The number of oxazole rings is 1. The van der Waals surface area contributed by atoms with E-state index in [-0.39, 0.29) is 34.3 Å². The Labute approximate surface area is 199 Å². The first kappa shape index (κ1) is 22.5. The fraction of sp³-hybridized carbons (Fsp3) is 0.227. The fourth-order valence-corrected chi connectivity index (χ4v) is 5.13. The summed E-state index contributed by atoms with van der Waals surface area (Å²) in [7, 11) is -2.35. The smallest absolute Gasteiger partial charge is 0.288 e. The van der Waals surface area contributed by atoms with Crippen molar-refractivity contribution in [3.63, 3.8) is 0 Å². The van der Waals surface area contributed by atoms with Crippen molar-refractivity contribution in [3.8, 4) is 17.5 Å². The predicted octanol–water partition coefficient (Wildman–Crippen LogP) is 1.77. The van der Waals surface area contributed by atoms with Crippen molar-refractivity contribution in [3.05, 3.63) is 54.3 Å². The Morgan fingerprint density at radius 3 is 2.80 bits per heavy atom. The summed E-state index contributed by atoms with van der Waals surface area (Å²) in [6, 6.07) is 6.14. The van der Waals surface area contributed by atoms with Gasteiger partial charge in [0.1, 0.15) is 5.65 Å². The topological polar surface area (TPSA) is 179 Å². The average molecular weight is 493 g/mol. The summed E-state index contributed by atoms with van der Waals surface area (Å²) in [4.78, 5) is 27.4. The normalized spacial score (nSPS) is 17.5. The highest BCUT2D eigenvalue weighted by Crippen LogP contribution is 2.36. The van der Waals surface area contributed by atoms with Crippen LogP contribution in [0.4, 0.5) is 5.69 Å². The molecule has 5 rings (SSSR count). The van der Waals surface area contributed by atoms with Crippen LogP contribution in [-0.2, 0) is 10.0 Å². The standard InChI is InChI=1S/C22H20N8O4S/c1-24-21(31)17-11-28-22(34-17)16-10-27-20-15(3-5-26-20)19(16)29-13-7-14(8-13)30-35(32,33)18-6-12(9-23)2-4-25-18/h2-6,10-11,13-14,30H,7-8H2,1H3,(H,24,31)(H2,26,27,29)/t13-,14+. The largest absolute Gasteiger partial charge is 0.431 e. The van der Waals surface area contributed by atoms with Crippen molar-refractivity contribution in [1.29, 1.82) is 5.26 Å². The number of fused-ring (bicyclic) bond motifs is 1. The Balaban J connectivity index is 1.33. The number of hydrogen-bond donors (Lipinski definition) is 4. The molecule has 0 bridgehead atoms. The van der Waals surface area contributed by atoms with E-state index in [0.29, 0.717) is 24.1 Å². The van der Waals surface area contributed by atoms with Crippen molar-refractivity contribution in [2.24, 2.45) is 0 Å². The van der Waals surface area contributed by atoms with Gasteiger partial charge in [0.15, 0.2) is 5.03 Å². The van der Waals surface area contributed by atoms with Crippen molar-refractivity contribution in [2.45, 2.75) is 30.0 Å². The van der Waals surface area contributed by atoms with Gasteiger partial charge in [-0.05, 0) is 31.0 Å². The van der Waals surface area contributed by atoms with E-state index in [1.54, 1.807) is 12.4 Å². The zero-order valence-corrected chi connectivity index (χ0v) is 19.3. The number of nitrogens with one attached hydrogen (secondary N) is 4. The maximum atomic E-state index is 12.7. The van der Waals surface area contributed by atoms with Crippen LogP contribution in [0.25, 0.3) is 22.5 Å². The Hall–Kier alpha value is -4.28. The van der Waals surface area contributed by atoms with Gasteiger partial charge in [-0.1, -0.05) is 0 Å². The molecule has 0 aromatic carbocycles. The van der Waals surface area contributed by atoms with Gasteiger partial charge >= 0.3 is 0 Å². The van der Waals surface area contributed by atoms with Crippen LogP contribution in [-0.4, -0.2) is 53.4 Å². The second-order valence-electron chi connectivity index (χ2n) is 8.02. The first-order valence-corrected chi connectivity index (χ1v) is 12.2. The molecule has 1 aliphatic rings. The number of aromatic amines is 1. The highest BCUT2D eigenvalue weighted by Gasteiger charge is 2.34. The molecule has 0 radical (unpaired) electrons. The zero-order chi connectivity index (χ0) is 24.6. The molecule has 12 nitrogen and oxygen atoms in total. The van der Waals surface area contributed by atoms with Crippen molar-refractivity contribution >= 4 is 32.7 Å². The molecule has 0 unspecified atom stereocenters. The van der Waals surface area contributed by atoms with E-state index < -0.39 is 15.9 Å². The van der Waals surface area contributed by atoms with Gasteiger partial charge in [0.25, 0.3) is 15.9 Å². The zero-order valence-electron chi connectivity index (χ0n) is 18.4. The lowest BCUT2D eigenvalue weighted by atomic mass is 9.87. The number of carbonyl (C=O) groups excluding carboxylic acids is 1. The number of carbonyl (C=O) groups is 1. The summed E-state index contributed by atoms with van der Waals surface area (Å²) in [5, 5.41) is 15.6. The molecule has 1 fully saturated rings. The first-order valence-electron chi connectivity index (χ1n) is 10.7. The van der Waals surface area contributed by atoms with Gasteiger partial charge in [-0.25, -0.2) is 28.1 Å². The van der Waals surface area contributed by atoms with Crippen molar-refractivity contribution < 1.29 is 17.6 Å². The highest BCUT2D eigenvalue weighted by atomic mass is 32.2. The summed E-state index contributed by atoms with van der Waals surface area (Å²) in [5.74, 6) is -0.0746. The Morgan fingerprint density at radius 2 is 2.03 bits per heavy atom. The third-order valence-electron chi connectivity index (χ3n) is 5.72. The number of aromatic nitrogens is 4. The molecule has 35 heavy (non-hydrogen) atoms. The molecular weight excluding hydrogens is 472 g/mol. The van der Waals surface area contributed by atoms with E-state index in [4.69, 9.17) is 9.68 Å². The molecule has 4 aromatic rings. The molecule has 1 saturated carbocycles. The maximum Gasteiger partial charge on any atom is 0.288 e. The lowest BCUT2D eigenvalue weighted by Gasteiger charge is -2.37. The SMILES string of the molecule is CNC(=O)c1cnc(-c2cnc3[nH]ccc3c2N[C@H]2C[C@@H](NS(=O)(=O)c3cc(C#N)ccn3)C2)o1. The summed E-state index contributed by atoms with van der Waals surface area (Å²) < 4.78 is 33.6. The van der Waals surface area contributed by atoms with Gasteiger partial charge in [0.05, 0.1) is 29.1 Å². The van der Waals surface area contributed by atoms with E-state index in [1.165, 1.54) is 31.6 Å². The van der Waals surface area contributed by atoms with Crippen molar-refractivity contribution in [1.82, 2.24) is 30.0 Å². The Morgan fingerprint density at radius 1 is 1.20 bits per heavy atom. The molecule has 4 heterocycles. The van der Waals surface area contributed by atoms with Gasteiger partial charge in [0, 0.05) is 43.1 Å². The van der Waals surface area contributed by atoms with E-state index in [0.717, 1.165) is 11.1 Å². The van der Waals surface area contributed by atoms with Crippen LogP contribution in [0.15, 0.2) is 52.4 Å². The molecule has 0 saturated heterocycles. The summed E-state index contributed by atoms with van der Waals surface area (Å²) in [6.45, 7) is 0. The predicted molar refractivity (Wildman–Crippen MR) is 125 cm³/mol. The molecule has 4 aromatic heterocycles. The lowest BCUT2D eigenvalue weighted by molar-refractivity contribution is 0.0936. The van der Waals surface area contributed by atoms with Gasteiger partial charge < -0.3 is 20.0 Å². The fourth-order valence-electron chi connectivity index (χ4n) is 3.89. The third kappa shape index (κ3) is 4.32. The maximum absolute atomic E-state index is 12.7. The average Bonchev–Trinajstić information content (AvgIpc) is 3.52. The van der Waals surface area contributed by atoms with Crippen LogP contribution in [0.1, 0.15) is 29.0 Å². The minimum atomic E-state index is -3.85. The van der Waals surface area contributed by atoms with Crippen LogP contribution < -0.4 is 15.4 Å². The van der Waals surface area contributed by atoms with Crippen LogP contribution >= 0.6 is 0 Å².